The standard InChI is InChI=1S/C36H36N8O4/c1-42(2)36(47)29-11-4-8-25(38-29)21-43-17-6-7-23-19-24(14-15-27(23)35(43)46)26-9-5-10-28(32(26)48-3)39-30-20-31(40-34(45)22-12-13-22)41-44-18-16-37-33(30)44/h4-5,8-11,14-16,18-20,22,39H,6-7,12-13,17,21H2,1-3H3,(H,40,41,45). The van der Waals surface area contributed by atoms with Crippen molar-refractivity contribution in [2.24, 2.45) is 5.92 Å². The first-order chi connectivity index (χ1) is 23.3. The molecule has 0 unspecified atom stereocenters. The van der Waals surface area contributed by atoms with Crippen molar-refractivity contribution in [3.63, 3.8) is 0 Å². The molecule has 4 heterocycles. The van der Waals surface area contributed by atoms with Gasteiger partial charge in [-0.15, -0.1) is 5.10 Å². The van der Waals surface area contributed by atoms with E-state index in [9.17, 15) is 14.4 Å². The third kappa shape index (κ3) is 6.16. The number of benzene rings is 2. The number of amides is 3. The highest BCUT2D eigenvalue weighted by molar-refractivity contribution is 5.97. The van der Waals surface area contributed by atoms with Gasteiger partial charge in [0.15, 0.2) is 11.5 Å². The molecular formula is C36H36N8O4. The summed E-state index contributed by atoms with van der Waals surface area (Å²) >= 11 is 0. The Hall–Kier alpha value is -5.78. The summed E-state index contributed by atoms with van der Waals surface area (Å²) in [6.45, 7) is 0.900. The molecule has 2 aromatic carbocycles. The first-order valence-corrected chi connectivity index (χ1v) is 16.0. The second-order valence-electron chi connectivity index (χ2n) is 12.3. The van der Waals surface area contributed by atoms with Gasteiger partial charge in [-0.05, 0) is 61.1 Å². The summed E-state index contributed by atoms with van der Waals surface area (Å²) in [5.41, 5.74) is 6.41. The number of hydrogen-bond donors (Lipinski definition) is 2. The monoisotopic (exact) mass is 644 g/mol. The van der Waals surface area contributed by atoms with Crippen LogP contribution in [-0.4, -0.2) is 74.9 Å². The number of anilines is 3. The van der Waals surface area contributed by atoms with Crippen LogP contribution in [0, 0.1) is 5.92 Å². The predicted octanol–water partition coefficient (Wildman–Crippen LogP) is 5.18. The number of hydrogen-bond acceptors (Lipinski definition) is 8. The Kier molecular flexibility index (Phi) is 8.22. The lowest BCUT2D eigenvalue weighted by atomic mass is 9.96. The molecule has 3 amide bonds. The van der Waals surface area contributed by atoms with Crippen LogP contribution in [0.5, 0.6) is 5.75 Å². The van der Waals surface area contributed by atoms with Gasteiger partial charge in [0.1, 0.15) is 11.4 Å². The van der Waals surface area contributed by atoms with Gasteiger partial charge in [0.05, 0.1) is 30.7 Å². The van der Waals surface area contributed by atoms with E-state index in [1.54, 1.807) is 61.2 Å². The quantitative estimate of drug-likeness (QED) is 0.224. The van der Waals surface area contributed by atoms with Crippen LogP contribution in [0.4, 0.5) is 17.2 Å². The van der Waals surface area contributed by atoms with E-state index >= 15 is 0 Å². The first kappa shape index (κ1) is 30.9. The molecule has 0 radical (unpaired) electrons. The topological polar surface area (TPSA) is 134 Å². The average Bonchev–Trinajstić information content (AvgIpc) is 3.86. The van der Waals surface area contributed by atoms with Gasteiger partial charge in [0, 0.05) is 56.1 Å². The number of fused-ring (bicyclic) bond motifs is 2. The number of carbonyl (C=O) groups is 3. The van der Waals surface area contributed by atoms with Crippen LogP contribution in [0.25, 0.3) is 16.8 Å². The molecule has 0 saturated heterocycles. The number of aromatic nitrogens is 4. The molecule has 0 spiro atoms. The highest BCUT2D eigenvalue weighted by atomic mass is 16.5. The molecule has 12 nitrogen and oxygen atoms in total. The van der Waals surface area contributed by atoms with Crippen molar-refractivity contribution in [2.45, 2.75) is 32.2 Å². The van der Waals surface area contributed by atoms with Crippen molar-refractivity contribution in [3.05, 3.63) is 95.6 Å². The molecule has 0 atom stereocenters. The van der Waals surface area contributed by atoms with E-state index in [1.165, 1.54) is 4.90 Å². The van der Waals surface area contributed by atoms with Gasteiger partial charge >= 0.3 is 0 Å². The number of ether oxygens (including phenoxy) is 1. The molecule has 7 rings (SSSR count). The van der Waals surface area contributed by atoms with Gasteiger partial charge in [0.25, 0.3) is 11.8 Å². The molecule has 5 aromatic rings. The van der Waals surface area contributed by atoms with E-state index < -0.39 is 0 Å². The van der Waals surface area contributed by atoms with Crippen molar-refractivity contribution >= 4 is 40.6 Å². The van der Waals surface area contributed by atoms with E-state index in [-0.39, 0.29) is 23.6 Å². The number of imidazole rings is 1. The molecule has 1 aliphatic heterocycles. The molecule has 48 heavy (non-hydrogen) atoms. The van der Waals surface area contributed by atoms with Crippen LogP contribution >= 0.6 is 0 Å². The number of aryl methyl sites for hydroxylation is 1. The number of methoxy groups -OCH3 is 1. The predicted molar refractivity (Wildman–Crippen MR) is 181 cm³/mol. The summed E-state index contributed by atoms with van der Waals surface area (Å²) in [5.74, 6) is 0.844. The fourth-order valence-electron chi connectivity index (χ4n) is 6.04. The Balaban J connectivity index is 1.15. The van der Waals surface area contributed by atoms with Gasteiger partial charge in [-0.3, -0.25) is 14.4 Å². The molecule has 0 bridgehead atoms. The Bertz CT molecular complexity index is 2050. The van der Waals surface area contributed by atoms with Crippen LogP contribution in [0.3, 0.4) is 0 Å². The molecule has 1 fully saturated rings. The van der Waals surface area contributed by atoms with Crippen LogP contribution in [0.2, 0.25) is 0 Å². The molecule has 2 aliphatic rings. The van der Waals surface area contributed by atoms with Crippen LogP contribution < -0.4 is 15.4 Å². The zero-order chi connectivity index (χ0) is 33.4. The Labute approximate surface area is 277 Å². The minimum absolute atomic E-state index is 0.0281. The Morgan fingerprint density at radius 2 is 1.85 bits per heavy atom. The van der Waals surface area contributed by atoms with Crippen molar-refractivity contribution in [1.82, 2.24) is 29.4 Å². The van der Waals surface area contributed by atoms with Crippen molar-refractivity contribution in [2.75, 3.05) is 38.4 Å². The number of nitrogens with one attached hydrogen (secondary N) is 2. The van der Waals surface area contributed by atoms with Gasteiger partial charge in [0.2, 0.25) is 5.91 Å². The maximum atomic E-state index is 13.8. The Morgan fingerprint density at radius 3 is 2.65 bits per heavy atom. The average molecular weight is 645 g/mol. The third-order valence-corrected chi connectivity index (χ3v) is 8.64. The SMILES string of the molecule is COc1c(Nc2cc(NC(=O)C3CC3)nn3ccnc23)cccc1-c1ccc2c(c1)CCCN(Cc1cccc(C(=O)N(C)C)n1)C2=O. The summed E-state index contributed by atoms with van der Waals surface area (Å²) in [7, 11) is 5.01. The zero-order valence-electron chi connectivity index (χ0n) is 27.1. The van der Waals surface area contributed by atoms with Crippen molar-refractivity contribution in [1.29, 1.82) is 0 Å². The lowest BCUT2D eigenvalue weighted by molar-refractivity contribution is -0.117. The van der Waals surface area contributed by atoms with Crippen molar-refractivity contribution in [3.8, 4) is 16.9 Å². The van der Waals surface area contributed by atoms with Crippen LogP contribution in [0.1, 0.15) is 51.4 Å². The number of nitrogens with zero attached hydrogens (tertiary/aromatic N) is 6. The summed E-state index contributed by atoms with van der Waals surface area (Å²) in [6.07, 6.45) is 6.72. The van der Waals surface area contributed by atoms with E-state index in [1.807, 2.05) is 36.4 Å². The largest absolute Gasteiger partial charge is 0.494 e. The highest BCUT2D eigenvalue weighted by Crippen LogP contribution is 2.40. The van der Waals surface area contributed by atoms with Gasteiger partial charge in [-0.25, -0.2) is 14.5 Å². The summed E-state index contributed by atoms with van der Waals surface area (Å²) in [4.78, 5) is 50.9. The minimum Gasteiger partial charge on any atom is -0.494 e. The highest BCUT2D eigenvalue weighted by Gasteiger charge is 2.30. The fraction of sp³-hybridized carbons (Fsp3) is 0.278. The van der Waals surface area contributed by atoms with Gasteiger partial charge in [-0.1, -0.05) is 30.3 Å². The molecule has 3 aromatic heterocycles. The lowest BCUT2D eigenvalue weighted by Crippen LogP contribution is -2.31. The van der Waals surface area contributed by atoms with Crippen LogP contribution in [-0.2, 0) is 17.8 Å². The normalized spacial score (nSPS) is 14.3. The maximum Gasteiger partial charge on any atom is 0.271 e. The van der Waals surface area contributed by atoms with Crippen LogP contribution in [0.15, 0.2) is 73.1 Å². The number of pyridine rings is 1. The molecule has 1 saturated carbocycles. The van der Waals surface area contributed by atoms with E-state index in [2.05, 4.69) is 31.8 Å². The fourth-order valence-corrected chi connectivity index (χ4v) is 6.04. The van der Waals surface area contributed by atoms with Crippen molar-refractivity contribution < 1.29 is 19.1 Å². The summed E-state index contributed by atoms with van der Waals surface area (Å²) in [6, 6.07) is 18.9. The smallest absolute Gasteiger partial charge is 0.271 e. The molecular weight excluding hydrogens is 608 g/mol. The second-order valence-corrected chi connectivity index (χ2v) is 12.3. The third-order valence-electron chi connectivity index (χ3n) is 8.64. The molecule has 2 N–H and O–H groups in total. The molecule has 1 aliphatic carbocycles. The zero-order valence-corrected chi connectivity index (χ0v) is 27.1. The summed E-state index contributed by atoms with van der Waals surface area (Å²) < 4.78 is 7.59. The van der Waals surface area contributed by atoms with E-state index in [0.717, 1.165) is 42.4 Å². The number of rotatable bonds is 9. The van der Waals surface area contributed by atoms with E-state index in [4.69, 9.17) is 4.74 Å². The maximum absolute atomic E-state index is 13.8. The number of para-hydroxylation sites is 1. The molecule has 244 valence electrons. The molecule has 12 heteroatoms. The summed E-state index contributed by atoms with van der Waals surface area (Å²) in [5, 5.41) is 10.9. The first-order valence-electron chi connectivity index (χ1n) is 16.0. The second kappa shape index (κ2) is 12.8. The minimum atomic E-state index is -0.177. The lowest BCUT2D eigenvalue weighted by Gasteiger charge is -2.21. The van der Waals surface area contributed by atoms with Gasteiger partial charge < -0.3 is 25.2 Å². The van der Waals surface area contributed by atoms with E-state index in [0.29, 0.717) is 58.6 Å². The number of carbonyl (C=O) groups excluding carboxylic acids is 3. The van der Waals surface area contributed by atoms with Gasteiger partial charge in [-0.2, -0.15) is 0 Å². The Morgan fingerprint density at radius 1 is 1.02 bits per heavy atom.